The van der Waals surface area contributed by atoms with Gasteiger partial charge in [-0.2, -0.15) is 18.3 Å². The van der Waals surface area contributed by atoms with E-state index in [-0.39, 0.29) is 30.0 Å². The molecule has 1 atom stereocenters. The average molecular weight is 403 g/mol. The third kappa shape index (κ3) is 3.49. The molecule has 2 fully saturated rings. The van der Waals surface area contributed by atoms with Crippen LogP contribution in [0.4, 0.5) is 27.8 Å². The van der Waals surface area contributed by atoms with Crippen LogP contribution in [0.25, 0.3) is 5.65 Å². The van der Waals surface area contributed by atoms with E-state index < -0.39 is 36.5 Å². The van der Waals surface area contributed by atoms with Crippen molar-refractivity contribution in [3.8, 4) is 0 Å². The Labute approximate surface area is 156 Å². The molecule has 0 radical (unpaired) electrons. The van der Waals surface area contributed by atoms with Crippen LogP contribution in [-0.2, 0) is 0 Å². The van der Waals surface area contributed by atoms with Gasteiger partial charge in [0.1, 0.15) is 17.4 Å². The molecule has 1 aliphatic carbocycles. The number of amides is 1. The van der Waals surface area contributed by atoms with Crippen LogP contribution in [0, 0.1) is 12.8 Å². The van der Waals surface area contributed by atoms with Crippen molar-refractivity contribution >= 4 is 17.4 Å². The van der Waals surface area contributed by atoms with Crippen molar-refractivity contribution in [2.24, 2.45) is 5.92 Å². The lowest BCUT2D eigenvalue weighted by Crippen LogP contribution is -2.46. The minimum atomic E-state index is -4.55. The molecule has 28 heavy (non-hydrogen) atoms. The molecule has 2 aliphatic rings. The lowest BCUT2D eigenvalue weighted by molar-refractivity contribution is -0.158. The van der Waals surface area contributed by atoms with Gasteiger partial charge in [-0.05, 0) is 25.7 Å². The largest absolute Gasteiger partial charge is 0.408 e. The SMILES string of the molecule is Cc1cc(N2CCC(F)(F)C2)nc2c(C(=O)NC(C3CC3)C(F)(F)F)cnn12. The number of rotatable bonds is 4. The number of halogens is 5. The summed E-state index contributed by atoms with van der Waals surface area (Å²) in [5.41, 5.74) is 0.453. The van der Waals surface area contributed by atoms with Gasteiger partial charge in [-0.1, -0.05) is 0 Å². The first-order valence-electron chi connectivity index (χ1n) is 8.91. The Morgan fingerprint density at radius 2 is 2.07 bits per heavy atom. The van der Waals surface area contributed by atoms with Gasteiger partial charge in [0.15, 0.2) is 5.65 Å². The highest BCUT2D eigenvalue weighted by Gasteiger charge is 2.50. The summed E-state index contributed by atoms with van der Waals surface area (Å²) in [7, 11) is 0. The molecular weight excluding hydrogens is 385 g/mol. The normalized spacial score (nSPS) is 20.6. The van der Waals surface area contributed by atoms with E-state index in [9.17, 15) is 26.7 Å². The maximum absolute atomic E-state index is 13.5. The Hall–Kier alpha value is -2.46. The molecule has 0 bridgehead atoms. The van der Waals surface area contributed by atoms with Crippen molar-refractivity contribution in [2.75, 3.05) is 18.0 Å². The summed E-state index contributed by atoms with van der Waals surface area (Å²) in [5.74, 6) is -4.14. The van der Waals surface area contributed by atoms with Crippen LogP contribution in [-0.4, -0.2) is 51.7 Å². The van der Waals surface area contributed by atoms with Crippen molar-refractivity contribution < 1.29 is 26.7 Å². The van der Waals surface area contributed by atoms with Crippen LogP contribution in [0.2, 0.25) is 0 Å². The van der Waals surface area contributed by atoms with Crippen molar-refractivity contribution in [2.45, 2.75) is 44.3 Å². The molecule has 6 nitrogen and oxygen atoms in total. The first kappa shape index (κ1) is 18.9. The number of carbonyl (C=O) groups excluding carboxylic acids is 1. The summed E-state index contributed by atoms with van der Waals surface area (Å²) in [6.45, 7) is 1.26. The molecule has 1 unspecified atom stereocenters. The maximum atomic E-state index is 13.5. The number of hydrogen-bond donors (Lipinski definition) is 1. The zero-order chi connectivity index (χ0) is 20.3. The Kier molecular flexibility index (Phi) is 4.23. The smallest absolute Gasteiger partial charge is 0.350 e. The van der Waals surface area contributed by atoms with Gasteiger partial charge in [0.2, 0.25) is 0 Å². The van der Waals surface area contributed by atoms with Crippen molar-refractivity contribution in [1.29, 1.82) is 0 Å². The summed E-state index contributed by atoms with van der Waals surface area (Å²) >= 11 is 0. The van der Waals surface area contributed by atoms with E-state index in [1.165, 1.54) is 9.42 Å². The van der Waals surface area contributed by atoms with Gasteiger partial charge in [-0.3, -0.25) is 4.79 Å². The van der Waals surface area contributed by atoms with Gasteiger partial charge >= 0.3 is 6.18 Å². The second-order valence-corrected chi connectivity index (χ2v) is 7.41. The topological polar surface area (TPSA) is 62.5 Å². The van der Waals surface area contributed by atoms with Crippen LogP contribution < -0.4 is 10.2 Å². The molecule has 11 heteroatoms. The average Bonchev–Trinajstić information content (AvgIpc) is 3.21. The molecular formula is C17H18F5N5O. The number of nitrogens with zero attached hydrogens (tertiary/aromatic N) is 4. The quantitative estimate of drug-likeness (QED) is 0.798. The molecule has 1 saturated heterocycles. The highest BCUT2D eigenvalue weighted by Crippen LogP contribution is 2.40. The number of hydrogen-bond acceptors (Lipinski definition) is 4. The molecule has 1 N–H and O–H groups in total. The molecule has 3 heterocycles. The molecule has 4 rings (SSSR count). The van der Waals surface area contributed by atoms with Crippen molar-refractivity contribution in [1.82, 2.24) is 19.9 Å². The van der Waals surface area contributed by atoms with E-state index in [1.54, 1.807) is 13.0 Å². The number of fused-ring (bicyclic) bond motifs is 1. The minimum Gasteiger partial charge on any atom is -0.350 e. The fourth-order valence-corrected chi connectivity index (χ4v) is 3.47. The zero-order valence-corrected chi connectivity index (χ0v) is 14.9. The molecule has 2 aromatic rings. The third-order valence-electron chi connectivity index (χ3n) is 5.11. The predicted octanol–water partition coefficient (Wildman–Crippen LogP) is 2.95. The van der Waals surface area contributed by atoms with Gasteiger partial charge < -0.3 is 10.2 Å². The van der Waals surface area contributed by atoms with Gasteiger partial charge in [0, 0.05) is 24.7 Å². The van der Waals surface area contributed by atoms with Crippen LogP contribution in [0.1, 0.15) is 35.3 Å². The zero-order valence-electron chi connectivity index (χ0n) is 14.9. The maximum Gasteiger partial charge on any atom is 0.408 e. The summed E-state index contributed by atoms with van der Waals surface area (Å²) < 4.78 is 68.0. The minimum absolute atomic E-state index is 0.0411. The van der Waals surface area contributed by atoms with E-state index in [4.69, 9.17) is 0 Å². The van der Waals surface area contributed by atoms with Gasteiger partial charge in [0.05, 0.1) is 12.7 Å². The number of anilines is 1. The Morgan fingerprint density at radius 3 is 2.64 bits per heavy atom. The Balaban J connectivity index is 1.65. The summed E-state index contributed by atoms with van der Waals surface area (Å²) in [4.78, 5) is 18.2. The van der Waals surface area contributed by atoms with Crippen molar-refractivity contribution in [3.63, 3.8) is 0 Å². The van der Waals surface area contributed by atoms with Crippen LogP contribution >= 0.6 is 0 Å². The fraction of sp³-hybridized carbons (Fsp3) is 0.588. The molecule has 1 aliphatic heterocycles. The highest BCUT2D eigenvalue weighted by atomic mass is 19.4. The molecule has 1 amide bonds. The Morgan fingerprint density at radius 1 is 1.36 bits per heavy atom. The van der Waals surface area contributed by atoms with Gasteiger partial charge in [-0.15, -0.1) is 0 Å². The molecule has 0 spiro atoms. The highest BCUT2D eigenvalue weighted by molar-refractivity contribution is 6.00. The molecule has 2 aromatic heterocycles. The monoisotopic (exact) mass is 403 g/mol. The second kappa shape index (κ2) is 6.28. The van der Waals surface area contributed by atoms with E-state index in [1.807, 2.05) is 5.32 Å². The number of aryl methyl sites for hydroxylation is 1. The van der Waals surface area contributed by atoms with Crippen LogP contribution in [0.3, 0.4) is 0 Å². The third-order valence-corrected chi connectivity index (χ3v) is 5.11. The number of nitrogens with one attached hydrogen (secondary N) is 1. The lowest BCUT2D eigenvalue weighted by atomic mass is 10.1. The first-order chi connectivity index (χ1) is 13.0. The molecule has 0 aromatic carbocycles. The summed E-state index contributed by atoms with van der Waals surface area (Å²) in [6, 6.07) is -0.359. The standard InChI is InChI=1S/C17H18F5N5O/c1-9-6-12(26-5-4-16(18,19)8-26)24-14-11(7-23-27(9)14)15(28)25-13(10-2-3-10)17(20,21)22/h6-7,10,13H,2-5,8H2,1H3,(H,25,28). The summed E-state index contributed by atoms with van der Waals surface area (Å²) in [5, 5.41) is 6.06. The molecule has 1 saturated carbocycles. The van der Waals surface area contributed by atoms with E-state index >= 15 is 0 Å². The van der Waals surface area contributed by atoms with Crippen LogP contribution in [0.5, 0.6) is 0 Å². The Bertz CT molecular complexity index is 921. The van der Waals surface area contributed by atoms with E-state index in [0.717, 1.165) is 6.20 Å². The number of alkyl halides is 5. The van der Waals surface area contributed by atoms with E-state index in [2.05, 4.69) is 10.1 Å². The first-order valence-corrected chi connectivity index (χ1v) is 8.91. The van der Waals surface area contributed by atoms with Crippen LogP contribution in [0.15, 0.2) is 12.3 Å². The lowest BCUT2D eigenvalue weighted by Gasteiger charge is -2.21. The number of aromatic nitrogens is 3. The predicted molar refractivity (Wildman–Crippen MR) is 89.5 cm³/mol. The van der Waals surface area contributed by atoms with E-state index in [0.29, 0.717) is 18.5 Å². The van der Waals surface area contributed by atoms with Gasteiger partial charge in [0.25, 0.3) is 11.8 Å². The van der Waals surface area contributed by atoms with Crippen molar-refractivity contribution in [3.05, 3.63) is 23.5 Å². The summed E-state index contributed by atoms with van der Waals surface area (Å²) in [6.07, 6.45) is -2.89. The molecule has 152 valence electrons. The van der Waals surface area contributed by atoms with Gasteiger partial charge in [-0.25, -0.2) is 18.3 Å². The second-order valence-electron chi connectivity index (χ2n) is 7.41. The number of carbonyl (C=O) groups is 1. The fourth-order valence-electron chi connectivity index (χ4n) is 3.47.